The van der Waals surface area contributed by atoms with Crippen molar-refractivity contribution < 1.29 is 202 Å². The van der Waals surface area contributed by atoms with E-state index in [4.69, 9.17) is 59.1 Å². The van der Waals surface area contributed by atoms with Gasteiger partial charge in [0.25, 0.3) is 70.9 Å². The van der Waals surface area contributed by atoms with Crippen LogP contribution < -0.4 is 43.0 Å². The molecular weight excluding hydrogens is 1780 g/mol. The molecule has 0 spiro atoms. The van der Waals surface area contributed by atoms with Crippen LogP contribution in [0.15, 0.2) is 0 Å². The topological polar surface area (TPSA) is 762 Å². The maximum atomic E-state index is 12.4. The van der Waals surface area contributed by atoms with Crippen LogP contribution in [0.1, 0.15) is 155 Å². The molecule has 6 fully saturated rings. The molecule has 19 amide bonds. The summed E-state index contributed by atoms with van der Waals surface area (Å²) in [5.74, 6) is -19.6. The molecule has 56 nitrogen and oxygen atoms in total. The van der Waals surface area contributed by atoms with Gasteiger partial charge in [-0.15, -0.1) is 30.4 Å². The summed E-state index contributed by atoms with van der Waals surface area (Å²) < 4.78 is 34.0. The van der Waals surface area contributed by atoms with Gasteiger partial charge in [-0.3, -0.25) is 101 Å². The molecule has 0 aromatic heterocycles. The molecule has 6 saturated heterocycles. The van der Waals surface area contributed by atoms with Crippen molar-refractivity contribution in [1.82, 2.24) is 67.6 Å². The molecular formula is C76H106N14O42. The average molecular weight is 1890 g/mol. The summed E-state index contributed by atoms with van der Waals surface area (Å²) >= 11 is 0. The average Bonchev–Trinajstić information content (AvgIpc) is 1.76. The zero-order valence-corrected chi connectivity index (χ0v) is 72.1. The Morgan fingerprint density at radius 1 is 0.250 bits per heavy atom. The molecule has 0 radical (unpaired) electrons. The van der Waals surface area contributed by atoms with E-state index in [2.05, 4.69) is 56.6 Å². The van der Waals surface area contributed by atoms with Gasteiger partial charge < -0.3 is 116 Å². The number of amides is 19. The van der Waals surface area contributed by atoms with Crippen molar-refractivity contribution in [3.05, 3.63) is 0 Å². The number of Topliss-reactive ketones (excluding diaryl/α,β-unsaturated/α-hetero) is 2. The third-order valence-electron chi connectivity index (χ3n) is 18.0. The summed E-state index contributed by atoms with van der Waals surface area (Å²) in [5, 5.41) is 43.2. The predicted molar refractivity (Wildman–Crippen MR) is 420 cm³/mol. The van der Waals surface area contributed by atoms with Gasteiger partial charge in [-0.25, -0.2) is 28.8 Å². The first-order valence-electron chi connectivity index (χ1n) is 40.9. The summed E-state index contributed by atoms with van der Waals surface area (Å²) in [5.41, 5.74) is 2.05. The molecule has 0 saturated carbocycles. The van der Waals surface area contributed by atoms with Crippen LogP contribution in [0.4, 0.5) is 0 Å². The first-order valence-corrected chi connectivity index (χ1v) is 40.9. The molecule has 12 N–H and O–H groups in total. The van der Waals surface area contributed by atoms with Crippen molar-refractivity contribution in [2.45, 2.75) is 161 Å². The first kappa shape index (κ1) is 111. The Balaban J connectivity index is 0.000000517. The molecule has 56 heteroatoms. The van der Waals surface area contributed by atoms with Crippen molar-refractivity contribution in [1.29, 1.82) is 0 Å². The van der Waals surface area contributed by atoms with Crippen LogP contribution in [0.5, 0.6) is 0 Å². The number of carbonyl (C=O) groups excluding carboxylic acids is 27. The summed E-state index contributed by atoms with van der Waals surface area (Å²) in [6.07, 6.45) is -3.89. The number of nitrogens with one attached hydrogen (secondary N) is 7. The molecule has 6 aliphatic rings. The number of imide groups is 6. The molecule has 6 rings (SSSR count). The molecule has 0 bridgehead atoms. The minimum absolute atomic E-state index is 0.0700. The number of hydroxylamine groups is 12. The van der Waals surface area contributed by atoms with E-state index in [1.165, 1.54) is 0 Å². The van der Waals surface area contributed by atoms with Crippen molar-refractivity contribution >= 4 is 160 Å². The van der Waals surface area contributed by atoms with E-state index in [-0.39, 0.29) is 208 Å². The van der Waals surface area contributed by atoms with Gasteiger partial charge in [0.2, 0.25) is 41.4 Å². The Hall–Kier alpha value is -13.1. The van der Waals surface area contributed by atoms with E-state index in [0.29, 0.717) is 30.4 Å². The quantitative estimate of drug-likeness (QED) is 0.0199. The van der Waals surface area contributed by atoms with Crippen LogP contribution >= 0.6 is 0 Å². The maximum absolute atomic E-state index is 12.4. The van der Waals surface area contributed by atoms with Gasteiger partial charge in [0.05, 0.1) is 137 Å². The van der Waals surface area contributed by atoms with Crippen LogP contribution in [0.3, 0.4) is 0 Å². The minimum Gasteiger partial charge on any atom is -0.394 e. The lowest BCUT2D eigenvalue weighted by Crippen LogP contribution is -2.50. The van der Waals surface area contributed by atoms with Gasteiger partial charge in [-0.2, -0.15) is 0 Å². The largest absolute Gasteiger partial charge is 0.394 e. The Morgan fingerprint density at radius 3 is 0.598 bits per heavy atom. The molecule has 132 heavy (non-hydrogen) atoms. The fourth-order valence-corrected chi connectivity index (χ4v) is 10.6. The van der Waals surface area contributed by atoms with Gasteiger partial charge in [-0.1, -0.05) is 13.8 Å². The second-order valence-electron chi connectivity index (χ2n) is 30.1. The first-order chi connectivity index (χ1) is 62.5. The van der Waals surface area contributed by atoms with E-state index >= 15 is 0 Å². The van der Waals surface area contributed by atoms with Crippen molar-refractivity contribution in [2.24, 2.45) is 16.6 Å². The molecule has 6 heterocycles. The van der Waals surface area contributed by atoms with E-state index in [1.807, 2.05) is 0 Å². The fraction of sp³-hybridized carbons (Fsp3) is 0.645. The SMILES string of the molecule is CC(COCCC(=O)NCC(=O)CCC(=O)ON1C(=O)CCC1=O)(COCCC(=O)NCC(=O)CCC(=O)ON1C(=O)CCC1=O)COCCC(=O)NCC(=O)NCC(=O)ON1C(=O)CCC1=O.CC(COCCC(=O)NCC(=O)ON1C(=O)CCC1=O)(COCCC(=O)NCC(=O)ON1C(=O)CCC1=O)COCCC(=O)NCC(=O)ON1C(=O)CCC1=O.NC(CO)(CO)CO. The van der Waals surface area contributed by atoms with Gasteiger partial charge in [0.1, 0.15) is 26.2 Å². The molecule has 0 atom stereocenters. The number of nitrogens with two attached hydrogens (primary N) is 1. The fourth-order valence-electron chi connectivity index (χ4n) is 10.6. The normalized spacial score (nSPS) is 15.0. The van der Waals surface area contributed by atoms with Crippen LogP contribution in [-0.2, 0) is 187 Å². The van der Waals surface area contributed by atoms with E-state index in [9.17, 15) is 129 Å². The van der Waals surface area contributed by atoms with Crippen molar-refractivity contribution in [3.8, 4) is 0 Å². The number of hydrogen-bond acceptors (Lipinski definition) is 43. The standard InChI is InChI=1S/C40H53N7O21.C32H42N6O18.C4H11NO3/c1-40(22-63-15-12-27(50)41-18-25(48)2-10-37(60)66-45-31(54)4-5-32(45)55,23-64-16-13-28(51)42-19-26(49)3-11-38(61)67-46-33(56)6-7-34(46)57)24-65-17-14-29(52)43-20-30(53)44-21-39(62)68-47-35(58)8-9-36(47)59;1-32(17-51-11-8-20(39)33-14-29(48)54-36-23(42)2-3-24(36)43,18-52-12-9-21(40)34-15-30(49)55-37-25(44)4-5-26(37)45)19-53-13-10-22(41)35-16-31(50)56-38-27(46)6-7-28(38)47;5-4(1-6,2-7)3-8/h2-24H2,1H3,(H,41,50)(H,42,51)(H,43,52)(H,44,53);2-19H2,1H3,(H,33,39)(H,34,40)(H,35,41);6-8H,1-3,5H2. The number of carbonyl (C=O) groups is 27. The highest BCUT2D eigenvalue weighted by atomic mass is 16.8. The summed E-state index contributed by atoms with van der Waals surface area (Å²) in [4.78, 5) is 349. The van der Waals surface area contributed by atoms with Crippen LogP contribution in [0, 0.1) is 10.8 Å². The van der Waals surface area contributed by atoms with Crippen molar-refractivity contribution in [2.75, 3.05) is 145 Å². The lowest BCUT2D eigenvalue weighted by molar-refractivity contribution is -0.197. The Kier molecular flexibility index (Phi) is 48.7. The van der Waals surface area contributed by atoms with E-state index in [0.717, 1.165) is 0 Å². The monoisotopic (exact) mass is 1890 g/mol. The smallest absolute Gasteiger partial charge is 0.352 e. The number of nitrogens with zero attached hydrogens (tertiary/aromatic N) is 6. The highest BCUT2D eigenvalue weighted by Crippen LogP contribution is 2.23. The minimum atomic E-state index is -1.21. The lowest BCUT2D eigenvalue weighted by atomic mass is 9.94. The van der Waals surface area contributed by atoms with Crippen LogP contribution in [-0.4, -0.2) is 356 Å². The highest BCUT2D eigenvalue weighted by Gasteiger charge is 2.39. The molecule has 0 aromatic carbocycles. The zero-order valence-electron chi connectivity index (χ0n) is 72.1. The van der Waals surface area contributed by atoms with Crippen LogP contribution in [0.2, 0.25) is 0 Å². The molecule has 0 aromatic rings. The van der Waals surface area contributed by atoms with Crippen molar-refractivity contribution in [3.63, 3.8) is 0 Å². The van der Waals surface area contributed by atoms with Gasteiger partial charge in [0, 0.05) is 139 Å². The number of ketones is 2. The van der Waals surface area contributed by atoms with Gasteiger partial charge in [-0.05, 0) is 0 Å². The Labute approximate surface area is 749 Å². The number of ether oxygens (including phenoxy) is 6. The number of hydrogen-bond donors (Lipinski definition) is 11. The van der Waals surface area contributed by atoms with E-state index in [1.54, 1.807) is 13.8 Å². The van der Waals surface area contributed by atoms with E-state index < -0.39 is 254 Å². The molecule has 6 aliphatic heterocycles. The Morgan fingerprint density at radius 2 is 0.417 bits per heavy atom. The lowest BCUT2D eigenvalue weighted by Gasteiger charge is -2.29. The number of rotatable bonds is 59. The van der Waals surface area contributed by atoms with Crippen LogP contribution in [0.25, 0.3) is 0 Å². The molecule has 0 aliphatic carbocycles. The van der Waals surface area contributed by atoms with Gasteiger partial charge in [0.15, 0.2) is 11.6 Å². The second-order valence-corrected chi connectivity index (χ2v) is 30.1. The summed E-state index contributed by atoms with van der Waals surface area (Å²) in [6.45, 7) is -3.08. The predicted octanol–water partition coefficient (Wildman–Crippen LogP) is -9.76. The molecule has 732 valence electrons. The summed E-state index contributed by atoms with van der Waals surface area (Å²) in [6, 6.07) is 0. The maximum Gasteiger partial charge on any atom is 0.352 e. The Bertz CT molecular complexity index is 3750. The number of aliphatic hydroxyl groups excluding tert-OH is 3. The molecule has 0 unspecified atom stereocenters. The third-order valence-corrected chi connectivity index (χ3v) is 18.0. The highest BCUT2D eigenvalue weighted by molar-refractivity contribution is 6.06. The summed E-state index contributed by atoms with van der Waals surface area (Å²) in [7, 11) is 0. The van der Waals surface area contributed by atoms with Gasteiger partial charge >= 0.3 is 35.8 Å². The second kappa shape index (κ2) is 57.8. The third kappa shape index (κ3) is 43.1. The number of aliphatic hydroxyl groups is 3. The zero-order chi connectivity index (χ0) is 98.1.